The molecule has 0 aliphatic rings. The molecular weight excluding hydrogens is 362 g/mol. The summed E-state index contributed by atoms with van der Waals surface area (Å²) in [5.74, 6) is 0.935. The lowest BCUT2D eigenvalue weighted by Gasteiger charge is -2.14. The van der Waals surface area contributed by atoms with Crippen LogP contribution in [0.4, 0.5) is 0 Å². The van der Waals surface area contributed by atoms with Crippen molar-refractivity contribution in [1.82, 2.24) is 4.90 Å². The van der Waals surface area contributed by atoms with Crippen molar-refractivity contribution < 1.29 is 4.74 Å². The zero-order valence-electron chi connectivity index (χ0n) is 17.5. The van der Waals surface area contributed by atoms with Crippen molar-refractivity contribution >= 4 is 10.9 Å². The molecule has 28 heavy (non-hydrogen) atoms. The number of nitrogens with zero attached hydrogens (tertiary/aromatic N) is 1. The Balaban J connectivity index is 2.19. The molecule has 0 bridgehead atoms. The van der Waals surface area contributed by atoms with Crippen LogP contribution in [0.25, 0.3) is 0 Å². The molecule has 0 fully saturated rings. The maximum atomic E-state index is 6.02. The van der Waals surface area contributed by atoms with E-state index in [1.54, 1.807) is 0 Å². The van der Waals surface area contributed by atoms with Crippen molar-refractivity contribution in [1.29, 1.82) is 0 Å². The third-order valence-electron chi connectivity index (χ3n) is 4.26. The average Bonchev–Trinajstić information content (AvgIpc) is 2.69. The third-order valence-corrected chi connectivity index (χ3v) is 6.38. The fraction of sp³-hybridized carbons (Fsp3) is 0.280. The highest BCUT2D eigenvalue weighted by Crippen LogP contribution is 2.31. The lowest BCUT2D eigenvalue weighted by atomic mass is 10.2. The van der Waals surface area contributed by atoms with Crippen LogP contribution < -0.4 is 0 Å². The second kappa shape index (κ2) is 11.6. The lowest BCUT2D eigenvalue weighted by molar-refractivity contribution is 0.203. The number of hydrogen-bond donors (Lipinski definition) is 0. The van der Waals surface area contributed by atoms with E-state index in [1.165, 1.54) is 9.79 Å². The Morgan fingerprint density at radius 1 is 1.00 bits per heavy atom. The smallest absolute Gasteiger partial charge is 0.166 e. The molecule has 2 nitrogen and oxygen atoms in total. The molecular formula is C25H32NOS+. The first-order valence-corrected chi connectivity index (χ1v) is 10.9. The maximum Gasteiger partial charge on any atom is 0.166 e. The molecule has 3 heteroatoms. The van der Waals surface area contributed by atoms with Crippen molar-refractivity contribution in [3.63, 3.8) is 0 Å². The van der Waals surface area contributed by atoms with Gasteiger partial charge in [-0.05, 0) is 76.9 Å². The largest absolute Gasteiger partial charge is 0.494 e. The first-order valence-electron chi connectivity index (χ1n) is 9.68. The monoisotopic (exact) mass is 394 g/mol. The average molecular weight is 395 g/mol. The van der Waals surface area contributed by atoms with E-state index in [1.807, 2.05) is 13.0 Å². The number of benzene rings is 2. The number of ether oxygens (including phenoxy) is 1. The van der Waals surface area contributed by atoms with Crippen molar-refractivity contribution in [2.75, 3.05) is 27.2 Å². The Kier molecular flexibility index (Phi) is 9.12. The van der Waals surface area contributed by atoms with Gasteiger partial charge in [0.15, 0.2) is 14.7 Å². The zero-order chi connectivity index (χ0) is 20.4. The SMILES string of the molecule is C=C(/C=C(C)\C(=C\C)OCCCN(C)C)[S+](c1ccccc1)c1ccccc1. The Morgan fingerprint density at radius 2 is 1.54 bits per heavy atom. The third kappa shape index (κ3) is 6.74. The molecule has 0 saturated heterocycles. The van der Waals surface area contributed by atoms with Crippen molar-refractivity contribution in [3.8, 4) is 0 Å². The highest BCUT2D eigenvalue weighted by atomic mass is 32.2. The van der Waals surface area contributed by atoms with Gasteiger partial charge in [-0.1, -0.05) is 36.4 Å². The molecule has 2 aromatic carbocycles. The van der Waals surface area contributed by atoms with Crippen LogP contribution in [0.15, 0.2) is 105 Å². The van der Waals surface area contributed by atoms with E-state index in [4.69, 9.17) is 4.74 Å². The molecule has 2 aromatic rings. The first-order chi connectivity index (χ1) is 13.5. The Morgan fingerprint density at radius 3 is 2.00 bits per heavy atom. The van der Waals surface area contributed by atoms with E-state index in [0.29, 0.717) is 0 Å². The van der Waals surface area contributed by atoms with Crippen LogP contribution in [0.2, 0.25) is 0 Å². The van der Waals surface area contributed by atoms with Gasteiger partial charge in [0.1, 0.15) is 5.76 Å². The summed E-state index contributed by atoms with van der Waals surface area (Å²) in [6.45, 7) is 10.3. The topological polar surface area (TPSA) is 12.5 Å². The predicted octanol–water partition coefficient (Wildman–Crippen LogP) is 6.06. The van der Waals surface area contributed by atoms with Gasteiger partial charge in [-0.25, -0.2) is 0 Å². The van der Waals surface area contributed by atoms with Crippen LogP contribution >= 0.6 is 0 Å². The summed E-state index contributed by atoms with van der Waals surface area (Å²) < 4.78 is 6.02. The summed E-state index contributed by atoms with van der Waals surface area (Å²) in [4.78, 5) is 5.81. The van der Waals surface area contributed by atoms with E-state index in [0.717, 1.165) is 35.8 Å². The molecule has 0 amide bonds. The standard InChI is InChI=1S/C25H32NOS/c1-6-25(27-19-13-18-26(4)5)21(2)20-22(3)28(23-14-9-7-10-15-23)24-16-11-8-12-17-24/h6-12,14-17,20H,3,13,18-19H2,1-2,4-5H3/q+1/b21-20-,25-6-. The number of rotatable bonds is 10. The van der Waals surface area contributed by atoms with Crippen LogP contribution in [0.1, 0.15) is 20.3 Å². The fourth-order valence-corrected chi connectivity index (χ4v) is 4.94. The Hall–Kier alpha value is -2.23. The Labute approximate surface area is 173 Å². The van der Waals surface area contributed by atoms with Crippen LogP contribution in [-0.2, 0) is 15.6 Å². The van der Waals surface area contributed by atoms with Gasteiger partial charge in [0.05, 0.1) is 17.5 Å². The zero-order valence-corrected chi connectivity index (χ0v) is 18.3. The van der Waals surface area contributed by atoms with Gasteiger partial charge in [0, 0.05) is 12.6 Å². The van der Waals surface area contributed by atoms with Gasteiger partial charge >= 0.3 is 0 Å². The minimum absolute atomic E-state index is 0.209. The minimum atomic E-state index is -0.209. The van der Waals surface area contributed by atoms with E-state index in [2.05, 4.69) is 99.2 Å². The highest BCUT2D eigenvalue weighted by Gasteiger charge is 2.28. The predicted molar refractivity (Wildman–Crippen MR) is 123 cm³/mol. The van der Waals surface area contributed by atoms with Crippen LogP contribution in [0, 0.1) is 0 Å². The first kappa shape index (κ1) is 22.1. The maximum absolute atomic E-state index is 6.02. The Bertz CT molecular complexity index is 754. The quantitative estimate of drug-likeness (QED) is 0.210. The summed E-state index contributed by atoms with van der Waals surface area (Å²) in [6, 6.07) is 21.2. The summed E-state index contributed by atoms with van der Waals surface area (Å²) in [7, 11) is 3.96. The van der Waals surface area contributed by atoms with E-state index in [9.17, 15) is 0 Å². The molecule has 0 N–H and O–H groups in total. The minimum Gasteiger partial charge on any atom is -0.494 e. The molecule has 2 rings (SSSR count). The molecule has 0 atom stereocenters. The second-order valence-electron chi connectivity index (χ2n) is 6.88. The number of hydrogen-bond acceptors (Lipinski definition) is 2. The molecule has 0 radical (unpaired) electrons. The van der Waals surface area contributed by atoms with E-state index < -0.39 is 0 Å². The van der Waals surface area contributed by atoms with Crippen molar-refractivity contribution in [3.05, 3.63) is 95.6 Å². The van der Waals surface area contributed by atoms with Gasteiger partial charge in [-0.2, -0.15) is 0 Å². The van der Waals surface area contributed by atoms with Gasteiger partial charge in [0.25, 0.3) is 0 Å². The van der Waals surface area contributed by atoms with E-state index >= 15 is 0 Å². The van der Waals surface area contributed by atoms with Gasteiger partial charge in [-0.15, -0.1) is 0 Å². The second-order valence-corrected chi connectivity index (χ2v) is 8.96. The lowest BCUT2D eigenvalue weighted by Crippen LogP contribution is -2.14. The summed E-state index contributed by atoms with van der Waals surface area (Å²) in [5, 5.41) is 0. The molecule has 0 aliphatic carbocycles. The van der Waals surface area contributed by atoms with Gasteiger partial charge < -0.3 is 9.64 Å². The normalized spacial score (nSPS) is 12.5. The van der Waals surface area contributed by atoms with Crippen LogP contribution in [-0.4, -0.2) is 32.1 Å². The van der Waals surface area contributed by atoms with Crippen molar-refractivity contribution in [2.45, 2.75) is 30.1 Å². The highest BCUT2D eigenvalue weighted by molar-refractivity contribution is 8.00. The van der Waals surface area contributed by atoms with Gasteiger partial charge in [-0.3, -0.25) is 0 Å². The summed E-state index contributed by atoms with van der Waals surface area (Å²) in [5.41, 5.74) is 1.11. The van der Waals surface area contributed by atoms with Gasteiger partial charge in [0.2, 0.25) is 0 Å². The van der Waals surface area contributed by atoms with E-state index in [-0.39, 0.29) is 10.9 Å². The number of allylic oxidation sites excluding steroid dienone is 3. The van der Waals surface area contributed by atoms with Crippen LogP contribution in [0.5, 0.6) is 0 Å². The summed E-state index contributed by atoms with van der Waals surface area (Å²) >= 11 is 0. The summed E-state index contributed by atoms with van der Waals surface area (Å²) in [6.07, 6.45) is 5.22. The van der Waals surface area contributed by atoms with Crippen LogP contribution in [0.3, 0.4) is 0 Å². The molecule has 148 valence electrons. The molecule has 0 aliphatic heterocycles. The molecule has 0 aromatic heterocycles. The fourth-order valence-electron chi connectivity index (χ4n) is 2.91. The molecule has 0 saturated carbocycles. The molecule has 0 spiro atoms. The molecule has 0 unspecified atom stereocenters. The molecule has 0 heterocycles. The van der Waals surface area contributed by atoms with Crippen molar-refractivity contribution in [2.24, 2.45) is 0 Å².